The standard InChI is InChI=1S/C24H34N4O3/c29-21(14-16-6-2-1-3-7-16)28-12-5-4-8-20(28)22-25-19-15-27(24(31)17-9-10-17)13-11-18(19)23(30)26-22/h16-17,20H,1-15H2,(H,25,26,30). The van der Waals surface area contributed by atoms with Crippen LogP contribution in [0.2, 0.25) is 0 Å². The largest absolute Gasteiger partial charge is 0.336 e. The van der Waals surface area contributed by atoms with E-state index in [1.165, 1.54) is 19.3 Å². The van der Waals surface area contributed by atoms with E-state index in [4.69, 9.17) is 4.98 Å². The number of hydrogen-bond donors (Lipinski definition) is 1. The molecule has 1 saturated heterocycles. The number of likely N-dealkylation sites (tertiary alicyclic amines) is 1. The minimum Gasteiger partial charge on any atom is -0.336 e. The van der Waals surface area contributed by atoms with Crippen molar-refractivity contribution >= 4 is 11.8 Å². The first-order valence-corrected chi connectivity index (χ1v) is 12.3. The van der Waals surface area contributed by atoms with Crippen molar-refractivity contribution in [2.75, 3.05) is 13.1 Å². The molecule has 0 aromatic carbocycles. The maximum absolute atomic E-state index is 13.2. The van der Waals surface area contributed by atoms with Crippen LogP contribution >= 0.6 is 0 Å². The Hall–Kier alpha value is -2.18. The van der Waals surface area contributed by atoms with Crippen LogP contribution in [0.15, 0.2) is 4.79 Å². The van der Waals surface area contributed by atoms with Crippen LogP contribution in [0.3, 0.4) is 0 Å². The van der Waals surface area contributed by atoms with E-state index in [2.05, 4.69) is 4.98 Å². The SMILES string of the molecule is O=C(C1CC1)N1CCc2c(nc(C3CCCCN3C(=O)CC3CCCCC3)[nH]c2=O)C1. The highest BCUT2D eigenvalue weighted by Gasteiger charge is 2.36. The number of carbonyl (C=O) groups is 2. The molecule has 2 amide bonds. The van der Waals surface area contributed by atoms with Crippen LogP contribution in [0.1, 0.15) is 93.8 Å². The van der Waals surface area contributed by atoms with E-state index in [-0.39, 0.29) is 29.3 Å². The lowest BCUT2D eigenvalue weighted by molar-refractivity contribution is -0.136. The Morgan fingerprint density at radius 2 is 1.74 bits per heavy atom. The van der Waals surface area contributed by atoms with Crippen molar-refractivity contribution in [3.05, 3.63) is 27.4 Å². The van der Waals surface area contributed by atoms with Gasteiger partial charge in [0.1, 0.15) is 5.82 Å². The fourth-order valence-electron chi connectivity index (χ4n) is 5.66. The van der Waals surface area contributed by atoms with E-state index in [0.29, 0.717) is 43.2 Å². The number of H-pyrrole nitrogens is 1. The number of piperidine rings is 1. The van der Waals surface area contributed by atoms with E-state index < -0.39 is 0 Å². The third kappa shape index (κ3) is 4.41. The Kier molecular flexibility index (Phi) is 5.85. The van der Waals surface area contributed by atoms with Crippen molar-refractivity contribution < 1.29 is 9.59 Å². The van der Waals surface area contributed by atoms with Crippen LogP contribution in [0.4, 0.5) is 0 Å². The monoisotopic (exact) mass is 426 g/mol. The quantitative estimate of drug-likeness (QED) is 0.802. The van der Waals surface area contributed by atoms with Crippen LogP contribution in [0.5, 0.6) is 0 Å². The first-order valence-electron chi connectivity index (χ1n) is 12.3. The summed E-state index contributed by atoms with van der Waals surface area (Å²) in [5, 5.41) is 0. The summed E-state index contributed by atoms with van der Waals surface area (Å²) < 4.78 is 0. The summed E-state index contributed by atoms with van der Waals surface area (Å²) in [7, 11) is 0. The van der Waals surface area contributed by atoms with Gasteiger partial charge in [-0.25, -0.2) is 4.98 Å². The molecule has 2 aliphatic heterocycles. The minimum atomic E-state index is -0.155. The normalized spacial score (nSPS) is 24.7. The Morgan fingerprint density at radius 3 is 2.52 bits per heavy atom. The number of aromatic nitrogens is 2. The molecule has 1 atom stereocenters. The fraction of sp³-hybridized carbons (Fsp3) is 0.750. The summed E-state index contributed by atoms with van der Waals surface area (Å²) in [5.41, 5.74) is 1.34. The zero-order valence-electron chi connectivity index (χ0n) is 18.4. The van der Waals surface area contributed by atoms with Gasteiger partial charge < -0.3 is 14.8 Å². The summed E-state index contributed by atoms with van der Waals surface area (Å²) in [6.45, 7) is 1.76. The Labute approximate surface area is 183 Å². The van der Waals surface area contributed by atoms with E-state index in [9.17, 15) is 14.4 Å². The summed E-state index contributed by atoms with van der Waals surface area (Å²) in [5.74, 6) is 1.70. The van der Waals surface area contributed by atoms with Crippen LogP contribution in [0, 0.1) is 11.8 Å². The van der Waals surface area contributed by atoms with E-state index in [0.717, 1.165) is 57.2 Å². The van der Waals surface area contributed by atoms with Gasteiger partial charge in [-0.15, -0.1) is 0 Å². The van der Waals surface area contributed by atoms with Crippen LogP contribution in [0.25, 0.3) is 0 Å². The number of nitrogens with zero attached hydrogens (tertiary/aromatic N) is 3. The number of amides is 2. The Morgan fingerprint density at radius 1 is 0.968 bits per heavy atom. The van der Waals surface area contributed by atoms with Crippen molar-refractivity contribution in [3.63, 3.8) is 0 Å². The lowest BCUT2D eigenvalue weighted by Gasteiger charge is -2.37. The molecule has 7 nitrogen and oxygen atoms in total. The lowest BCUT2D eigenvalue weighted by atomic mass is 9.86. The highest BCUT2D eigenvalue weighted by Crippen LogP contribution is 2.34. The first kappa shape index (κ1) is 20.7. The molecule has 3 fully saturated rings. The zero-order chi connectivity index (χ0) is 21.4. The summed E-state index contributed by atoms with van der Waals surface area (Å²) >= 11 is 0. The molecule has 0 bridgehead atoms. The molecule has 2 aliphatic carbocycles. The van der Waals surface area contributed by atoms with Crippen LogP contribution in [-0.4, -0.2) is 44.7 Å². The van der Waals surface area contributed by atoms with E-state index in [1.54, 1.807) is 0 Å². The van der Waals surface area contributed by atoms with Crippen molar-refractivity contribution in [2.45, 2.75) is 89.6 Å². The molecule has 1 unspecified atom stereocenters. The number of rotatable bonds is 4. The molecular formula is C24H34N4O3. The molecule has 2 saturated carbocycles. The third-order valence-electron chi connectivity index (χ3n) is 7.66. The van der Waals surface area contributed by atoms with E-state index in [1.807, 2.05) is 9.80 Å². The number of carbonyl (C=O) groups excluding carboxylic acids is 2. The molecule has 3 heterocycles. The van der Waals surface area contributed by atoms with Crippen molar-refractivity contribution in [1.29, 1.82) is 0 Å². The average molecular weight is 427 g/mol. The van der Waals surface area contributed by atoms with Gasteiger partial charge in [0.15, 0.2) is 0 Å². The summed E-state index contributed by atoms with van der Waals surface area (Å²) in [6.07, 6.45) is 12.1. The molecule has 0 radical (unpaired) electrons. The second-order valence-electron chi connectivity index (χ2n) is 9.97. The molecule has 1 N–H and O–H groups in total. The van der Waals surface area contributed by atoms with E-state index >= 15 is 0 Å². The summed E-state index contributed by atoms with van der Waals surface area (Å²) in [6, 6.07) is -0.155. The predicted molar refractivity (Wildman–Crippen MR) is 116 cm³/mol. The molecule has 168 valence electrons. The first-order chi connectivity index (χ1) is 15.1. The van der Waals surface area contributed by atoms with Gasteiger partial charge in [-0.05, 0) is 57.3 Å². The second-order valence-corrected chi connectivity index (χ2v) is 9.97. The van der Waals surface area contributed by atoms with Gasteiger partial charge in [0.2, 0.25) is 11.8 Å². The number of aromatic amines is 1. The smallest absolute Gasteiger partial charge is 0.254 e. The van der Waals surface area contributed by atoms with Gasteiger partial charge >= 0.3 is 0 Å². The molecule has 7 heteroatoms. The molecule has 5 rings (SSSR count). The maximum atomic E-state index is 13.2. The van der Waals surface area contributed by atoms with Crippen LogP contribution < -0.4 is 5.56 Å². The van der Waals surface area contributed by atoms with Crippen LogP contribution in [-0.2, 0) is 22.6 Å². The van der Waals surface area contributed by atoms with Gasteiger partial charge in [-0.2, -0.15) is 0 Å². The van der Waals surface area contributed by atoms with Crippen molar-refractivity contribution in [1.82, 2.24) is 19.8 Å². The zero-order valence-corrected chi connectivity index (χ0v) is 18.4. The summed E-state index contributed by atoms with van der Waals surface area (Å²) in [4.78, 5) is 50.3. The maximum Gasteiger partial charge on any atom is 0.254 e. The number of nitrogens with one attached hydrogen (secondary N) is 1. The number of hydrogen-bond acceptors (Lipinski definition) is 4. The van der Waals surface area contributed by atoms with Gasteiger partial charge in [-0.3, -0.25) is 14.4 Å². The number of fused-ring (bicyclic) bond motifs is 1. The predicted octanol–water partition coefficient (Wildman–Crippen LogP) is 3.09. The highest BCUT2D eigenvalue weighted by atomic mass is 16.2. The highest BCUT2D eigenvalue weighted by molar-refractivity contribution is 5.81. The molecule has 1 aromatic heterocycles. The van der Waals surface area contributed by atoms with Gasteiger partial charge in [0.25, 0.3) is 5.56 Å². The fourth-order valence-corrected chi connectivity index (χ4v) is 5.66. The van der Waals surface area contributed by atoms with Crippen molar-refractivity contribution in [2.24, 2.45) is 11.8 Å². The Bertz CT molecular complexity index is 901. The molecular weight excluding hydrogens is 392 g/mol. The molecule has 0 spiro atoms. The van der Waals surface area contributed by atoms with Gasteiger partial charge in [0, 0.05) is 31.0 Å². The third-order valence-corrected chi connectivity index (χ3v) is 7.66. The van der Waals surface area contributed by atoms with Crippen molar-refractivity contribution in [3.8, 4) is 0 Å². The average Bonchev–Trinajstić information content (AvgIpc) is 3.64. The topological polar surface area (TPSA) is 86.4 Å². The Balaban J connectivity index is 1.35. The molecule has 1 aromatic rings. The van der Waals surface area contributed by atoms with Gasteiger partial charge in [0.05, 0.1) is 18.3 Å². The van der Waals surface area contributed by atoms with Gasteiger partial charge in [-0.1, -0.05) is 19.3 Å². The molecule has 31 heavy (non-hydrogen) atoms. The minimum absolute atomic E-state index is 0.0937. The second kappa shape index (κ2) is 8.75. The molecule has 4 aliphatic rings. The lowest BCUT2D eigenvalue weighted by Crippen LogP contribution is -2.43.